The van der Waals surface area contributed by atoms with Gasteiger partial charge >= 0.3 is 6.18 Å². The number of aromatic nitrogens is 1. The first-order chi connectivity index (χ1) is 16.8. The maximum atomic E-state index is 13.9. The van der Waals surface area contributed by atoms with Crippen molar-refractivity contribution in [2.75, 3.05) is 11.9 Å². The molecule has 1 N–H and O–H groups in total. The SMILES string of the molecule is Cc1nc(C)c(S(=O)(=O)N2CCc3c(ccc(C)c3NC(=O)Cc3ccc(C(F)(F)F)c(F)c3)C2)s1. The molecular weight excluding hydrogens is 518 g/mol. The smallest absolute Gasteiger partial charge is 0.325 e. The summed E-state index contributed by atoms with van der Waals surface area (Å²) in [6, 6.07) is 5.99. The van der Waals surface area contributed by atoms with Crippen LogP contribution in [0.15, 0.2) is 34.5 Å². The summed E-state index contributed by atoms with van der Waals surface area (Å²) in [5.41, 5.74) is 2.00. The minimum atomic E-state index is -4.82. The van der Waals surface area contributed by atoms with Gasteiger partial charge in [-0.3, -0.25) is 4.79 Å². The van der Waals surface area contributed by atoms with Gasteiger partial charge in [0.1, 0.15) is 5.82 Å². The van der Waals surface area contributed by atoms with Crippen LogP contribution in [0.3, 0.4) is 0 Å². The number of alkyl halides is 3. The summed E-state index contributed by atoms with van der Waals surface area (Å²) in [4.78, 5) is 16.9. The molecule has 0 fully saturated rings. The summed E-state index contributed by atoms with van der Waals surface area (Å²) in [6.45, 7) is 5.54. The Balaban J connectivity index is 1.53. The Hall–Kier alpha value is -2.83. The third-order valence-corrected chi connectivity index (χ3v) is 9.48. The second-order valence-corrected chi connectivity index (χ2v) is 12.0. The van der Waals surface area contributed by atoms with Crippen molar-refractivity contribution in [3.8, 4) is 0 Å². The molecule has 3 aromatic rings. The van der Waals surface area contributed by atoms with Crippen molar-refractivity contribution in [3.05, 3.63) is 74.7 Å². The first-order valence-corrected chi connectivity index (χ1v) is 13.2. The van der Waals surface area contributed by atoms with E-state index in [4.69, 9.17) is 0 Å². The number of carbonyl (C=O) groups excluding carboxylic acids is 1. The molecule has 4 rings (SSSR count). The molecule has 12 heteroatoms. The van der Waals surface area contributed by atoms with Gasteiger partial charge in [0, 0.05) is 18.8 Å². The average Bonchev–Trinajstić information content (AvgIpc) is 3.13. The molecule has 0 saturated carbocycles. The van der Waals surface area contributed by atoms with E-state index in [0.717, 1.165) is 34.1 Å². The molecule has 192 valence electrons. The molecule has 1 aliphatic rings. The van der Waals surface area contributed by atoms with Crippen LogP contribution in [-0.2, 0) is 40.4 Å². The summed E-state index contributed by atoms with van der Waals surface area (Å²) in [5.74, 6) is -1.95. The van der Waals surface area contributed by atoms with Crippen LogP contribution in [-0.4, -0.2) is 30.2 Å². The number of fused-ring (bicyclic) bond motifs is 1. The van der Waals surface area contributed by atoms with Gasteiger partial charge in [0.05, 0.1) is 22.7 Å². The van der Waals surface area contributed by atoms with Crippen molar-refractivity contribution in [1.82, 2.24) is 9.29 Å². The van der Waals surface area contributed by atoms with Gasteiger partial charge < -0.3 is 5.32 Å². The number of halogens is 4. The highest BCUT2D eigenvalue weighted by atomic mass is 32.2. The minimum Gasteiger partial charge on any atom is -0.325 e. The Kier molecular flexibility index (Phi) is 6.97. The number of anilines is 1. The van der Waals surface area contributed by atoms with E-state index in [1.807, 2.05) is 6.07 Å². The van der Waals surface area contributed by atoms with Gasteiger partial charge in [-0.25, -0.2) is 17.8 Å². The topological polar surface area (TPSA) is 79.4 Å². The first-order valence-electron chi connectivity index (χ1n) is 11.0. The summed E-state index contributed by atoms with van der Waals surface area (Å²) >= 11 is 1.13. The largest absolute Gasteiger partial charge is 0.419 e. The lowest BCUT2D eigenvalue weighted by Crippen LogP contribution is -2.36. The van der Waals surface area contributed by atoms with E-state index in [2.05, 4.69) is 10.3 Å². The lowest BCUT2D eigenvalue weighted by molar-refractivity contribution is -0.140. The number of hydrogen-bond acceptors (Lipinski definition) is 5. The van der Waals surface area contributed by atoms with Gasteiger partial charge in [-0.05, 0) is 61.6 Å². The molecule has 0 aliphatic carbocycles. The van der Waals surface area contributed by atoms with Crippen LogP contribution in [0.25, 0.3) is 0 Å². The van der Waals surface area contributed by atoms with Crippen LogP contribution in [0.1, 0.15) is 38.5 Å². The molecule has 0 radical (unpaired) electrons. The van der Waals surface area contributed by atoms with E-state index in [1.54, 1.807) is 26.8 Å². The number of carbonyl (C=O) groups is 1. The number of nitrogens with one attached hydrogen (secondary N) is 1. The highest BCUT2D eigenvalue weighted by Crippen LogP contribution is 2.34. The molecule has 0 saturated heterocycles. The van der Waals surface area contributed by atoms with E-state index in [0.29, 0.717) is 34.9 Å². The minimum absolute atomic E-state index is 0.105. The molecule has 0 bridgehead atoms. The molecule has 0 unspecified atom stereocenters. The Bertz CT molecular complexity index is 1450. The van der Waals surface area contributed by atoms with E-state index in [1.165, 1.54) is 4.31 Å². The van der Waals surface area contributed by atoms with Crippen LogP contribution in [0.5, 0.6) is 0 Å². The van der Waals surface area contributed by atoms with Crippen molar-refractivity contribution in [2.45, 2.75) is 50.5 Å². The van der Waals surface area contributed by atoms with Crippen molar-refractivity contribution in [2.24, 2.45) is 0 Å². The maximum absolute atomic E-state index is 13.9. The fourth-order valence-electron chi connectivity index (χ4n) is 4.26. The monoisotopic (exact) mass is 541 g/mol. The predicted molar refractivity (Wildman–Crippen MR) is 128 cm³/mol. The number of aryl methyl sites for hydroxylation is 3. The summed E-state index contributed by atoms with van der Waals surface area (Å²) in [7, 11) is -3.73. The molecule has 0 atom stereocenters. The predicted octanol–water partition coefficient (Wildman–Crippen LogP) is 5.15. The van der Waals surface area contributed by atoms with Crippen LogP contribution in [0.2, 0.25) is 0 Å². The van der Waals surface area contributed by atoms with Crippen molar-refractivity contribution in [1.29, 1.82) is 0 Å². The number of benzene rings is 2. The number of rotatable bonds is 5. The zero-order chi connectivity index (χ0) is 26.4. The van der Waals surface area contributed by atoms with Gasteiger partial charge in [0.25, 0.3) is 10.0 Å². The summed E-state index contributed by atoms with van der Waals surface area (Å²) in [5, 5.41) is 3.45. The molecule has 1 amide bonds. The third kappa shape index (κ3) is 5.16. The Morgan fingerprint density at radius 1 is 1.17 bits per heavy atom. The Morgan fingerprint density at radius 2 is 1.89 bits per heavy atom. The number of amides is 1. The van der Waals surface area contributed by atoms with Gasteiger partial charge in [-0.15, -0.1) is 11.3 Å². The highest BCUT2D eigenvalue weighted by Gasteiger charge is 2.34. The van der Waals surface area contributed by atoms with E-state index in [9.17, 15) is 30.8 Å². The fourth-order valence-corrected chi connectivity index (χ4v) is 7.30. The van der Waals surface area contributed by atoms with Gasteiger partial charge in [-0.2, -0.15) is 17.5 Å². The third-order valence-electron chi connectivity index (χ3n) is 5.98. The zero-order valence-corrected chi connectivity index (χ0v) is 21.3. The van der Waals surface area contributed by atoms with Gasteiger partial charge in [0.15, 0.2) is 4.21 Å². The number of sulfonamides is 1. The second-order valence-electron chi connectivity index (χ2n) is 8.63. The molecule has 6 nitrogen and oxygen atoms in total. The molecule has 0 spiro atoms. The first kappa shape index (κ1) is 26.2. The fraction of sp³-hybridized carbons (Fsp3) is 0.333. The standard InChI is InChI=1S/C24H23F4N3O3S2/c1-13-4-6-17-12-31(36(33,34)23-14(2)29-15(3)35-23)9-8-18(17)22(13)30-21(32)11-16-5-7-19(20(25)10-16)24(26,27)28/h4-7,10H,8-9,11-12H2,1-3H3,(H,30,32). The quantitative estimate of drug-likeness (QED) is 0.453. The number of thiazole rings is 1. The maximum Gasteiger partial charge on any atom is 0.419 e. The molecule has 1 aliphatic heterocycles. The van der Waals surface area contributed by atoms with Gasteiger partial charge in [0.2, 0.25) is 5.91 Å². The van der Waals surface area contributed by atoms with Crippen molar-refractivity contribution < 1.29 is 30.8 Å². The van der Waals surface area contributed by atoms with Crippen LogP contribution < -0.4 is 5.32 Å². The van der Waals surface area contributed by atoms with Crippen molar-refractivity contribution in [3.63, 3.8) is 0 Å². The molecule has 2 aromatic carbocycles. The van der Waals surface area contributed by atoms with Crippen LogP contribution in [0.4, 0.5) is 23.2 Å². The zero-order valence-electron chi connectivity index (χ0n) is 19.7. The van der Waals surface area contributed by atoms with E-state index >= 15 is 0 Å². The average molecular weight is 542 g/mol. The van der Waals surface area contributed by atoms with E-state index < -0.39 is 33.5 Å². The van der Waals surface area contributed by atoms with E-state index in [-0.39, 0.29) is 29.3 Å². The lowest BCUT2D eigenvalue weighted by Gasteiger charge is -2.30. The van der Waals surface area contributed by atoms with Crippen LogP contribution >= 0.6 is 11.3 Å². The second kappa shape index (κ2) is 9.56. The lowest BCUT2D eigenvalue weighted by atomic mass is 9.95. The van der Waals surface area contributed by atoms with Crippen molar-refractivity contribution >= 4 is 33.0 Å². The Morgan fingerprint density at radius 3 is 2.50 bits per heavy atom. The molecule has 1 aromatic heterocycles. The Labute approximate surface area is 210 Å². The van der Waals surface area contributed by atoms with Crippen LogP contribution in [0, 0.1) is 26.6 Å². The van der Waals surface area contributed by atoms with Gasteiger partial charge in [-0.1, -0.05) is 18.2 Å². The molecular formula is C24H23F4N3O3S2. The molecule has 2 heterocycles. The molecule has 36 heavy (non-hydrogen) atoms. The summed E-state index contributed by atoms with van der Waals surface area (Å²) in [6.07, 6.45) is -4.77. The number of hydrogen-bond donors (Lipinski definition) is 1. The normalized spacial score (nSPS) is 14.5. The summed E-state index contributed by atoms with van der Waals surface area (Å²) < 4.78 is 80.3. The highest BCUT2D eigenvalue weighted by molar-refractivity contribution is 7.91. The number of nitrogens with zero attached hydrogens (tertiary/aromatic N) is 2.